The quantitative estimate of drug-likeness (QED) is 0.824. The van der Waals surface area contributed by atoms with E-state index in [1.165, 1.54) is 22.6 Å². The number of amides is 1. The number of rotatable bonds is 3. The van der Waals surface area contributed by atoms with Gasteiger partial charge in [-0.3, -0.25) is 4.79 Å². The van der Waals surface area contributed by atoms with Crippen molar-refractivity contribution in [3.8, 4) is 0 Å². The molecule has 1 aliphatic rings. The predicted molar refractivity (Wildman–Crippen MR) is 75.1 cm³/mol. The average molecular weight is 267 g/mol. The van der Waals surface area contributed by atoms with Gasteiger partial charge in [0, 0.05) is 23.3 Å². The van der Waals surface area contributed by atoms with E-state index in [0.29, 0.717) is 5.92 Å². The molecule has 2 rings (SSSR count). The van der Waals surface area contributed by atoms with Crippen molar-refractivity contribution in [1.82, 2.24) is 5.32 Å². The van der Waals surface area contributed by atoms with Crippen LogP contribution < -0.4 is 5.32 Å². The summed E-state index contributed by atoms with van der Waals surface area (Å²) in [7, 11) is 0. The zero-order chi connectivity index (χ0) is 12.3. The molecule has 92 valence electrons. The maximum Gasteiger partial charge on any atom is 0.216 e. The Morgan fingerprint density at radius 3 is 3.18 bits per heavy atom. The number of fused-ring (bicyclic) bond motifs is 1. The first-order chi connectivity index (χ1) is 8.16. The lowest BCUT2D eigenvalue weighted by atomic mass is 9.92. The van der Waals surface area contributed by atoms with E-state index in [9.17, 15) is 4.79 Å². The summed E-state index contributed by atoms with van der Waals surface area (Å²) in [6, 6.07) is 6.38. The fourth-order valence-corrected chi connectivity index (χ4v) is 3.57. The average Bonchev–Trinajstić information content (AvgIpc) is 2.29. The molecule has 1 aliphatic heterocycles. The summed E-state index contributed by atoms with van der Waals surface area (Å²) in [6.45, 7) is 2.33. The molecule has 0 saturated carbocycles. The van der Waals surface area contributed by atoms with Gasteiger partial charge in [-0.15, -0.1) is 24.4 Å². The second-order valence-electron chi connectivity index (χ2n) is 4.33. The highest BCUT2D eigenvalue weighted by Crippen LogP contribution is 2.39. The van der Waals surface area contributed by atoms with Crippen LogP contribution in [0.15, 0.2) is 28.0 Å². The first kappa shape index (κ1) is 12.8. The number of thioether (sulfide) groups is 1. The van der Waals surface area contributed by atoms with E-state index in [4.69, 9.17) is 0 Å². The molecule has 1 N–H and O–H groups in total. The van der Waals surface area contributed by atoms with Crippen LogP contribution in [-0.2, 0) is 4.79 Å². The van der Waals surface area contributed by atoms with E-state index < -0.39 is 0 Å². The van der Waals surface area contributed by atoms with Crippen LogP contribution in [0.2, 0.25) is 0 Å². The van der Waals surface area contributed by atoms with Gasteiger partial charge in [0.2, 0.25) is 5.91 Å². The van der Waals surface area contributed by atoms with Crippen molar-refractivity contribution >= 4 is 30.3 Å². The first-order valence-corrected chi connectivity index (χ1v) is 7.30. The molecule has 0 bridgehead atoms. The molecule has 1 unspecified atom stereocenters. The lowest BCUT2D eigenvalue weighted by molar-refractivity contribution is -0.118. The molecule has 4 heteroatoms. The molecular weight excluding hydrogens is 250 g/mol. The molecule has 1 atom stereocenters. The summed E-state index contributed by atoms with van der Waals surface area (Å²) in [6.07, 6.45) is 2.21. The Morgan fingerprint density at radius 2 is 2.41 bits per heavy atom. The van der Waals surface area contributed by atoms with E-state index in [0.717, 1.165) is 17.9 Å². The Balaban J connectivity index is 2.05. The van der Waals surface area contributed by atoms with Crippen molar-refractivity contribution in [2.24, 2.45) is 0 Å². The summed E-state index contributed by atoms with van der Waals surface area (Å²) in [5, 5.41) is 2.87. The van der Waals surface area contributed by atoms with E-state index in [1.807, 2.05) is 17.8 Å². The van der Waals surface area contributed by atoms with Gasteiger partial charge < -0.3 is 5.32 Å². The van der Waals surface area contributed by atoms with Crippen LogP contribution in [0.3, 0.4) is 0 Å². The Labute approximate surface area is 112 Å². The highest BCUT2D eigenvalue weighted by molar-refractivity contribution is 7.99. The second kappa shape index (κ2) is 5.83. The number of carbonyl (C=O) groups is 1. The van der Waals surface area contributed by atoms with Crippen LogP contribution in [0.1, 0.15) is 31.2 Å². The third kappa shape index (κ3) is 3.42. The Hall–Kier alpha value is -0.610. The van der Waals surface area contributed by atoms with Crippen LogP contribution in [0.25, 0.3) is 0 Å². The highest BCUT2D eigenvalue weighted by Gasteiger charge is 2.20. The molecule has 0 aromatic heterocycles. The van der Waals surface area contributed by atoms with Crippen molar-refractivity contribution in [2.45, 2.75) is 35.5 Å². The Kier molecular flexibility index (Phi) is 4.40. The second-order valence-corrected chi connectivity index (χ2v) is 5.98. The molecule has 0 saturated heterocycles. The van der Waals surface area contributed by atoms with Crippen LogP contribution >= 0.6 is 24.4 Å². The number of benzene rings is 1. The molecule has 1 aromatic rings. The molecule has 0 spiro atoms. The monoisotopic (exact) mass is 267 g/mol. The highest BCUT2D eigenvalue weighted by atomic mass is 32.2. The fraction of sp³-hybridized carbons (Fsp3) is 0.462. The Bertz CT molecular complexity index is 420. The minimum atomic E-state index is 0.0540. The summed E-state index contributed by atoms with van der Waals surface area (Å²) in [4.78, 5) is 13.3. The molecule has 0 aliphatic carbocycles. The van der Waals surface area contributed by atoms with E-state index >= 15 is 0 Å². The van der Waals surface area contributed by atoms with Gasteiger partial charge in [0.15, 0.2) is 0 Å². The minimum absolute atomic E-state index is 0.0540. The molecule has 17 heavy (non-hydrogen) atoms. The summed E-state index contributed by atoms with van der Waals surface area (Å²) >= 11 is 6.32. The van der Waals surface area contributed by atoms with E-state index in [2.05, 4.69) is 30.1 Å². The zero-order valence-electron chi connectivity index (χ0n) is 9.90. The summed E-state index contributed by atoms with van der Waals surface area (Å²) < 4.78 is 0. The maximum atomic E-state index is 10.9. The zero-order valence-corrected chi connectivity index (χ0v) is 11.6. The summed E-state index contributed by atoms with van der Waals surface area (Å²) in [5.41, 5.74) is 1.40. The van der Waals surface area contributed by atoms with Gasteiger partial charge in [0.25, 0.3) is 0 Å². The van der Waals surface area contributed by atoms with Gasteiger partial charge in [-0.1, -0.05) is 0 Å². The predicted octanol–water partition coefficient (Wildman–Crippen LogP) is 3.08. The summed E-state index contributed by atoms with van der Waals surface area (Å²) in [5.74, 6) is 1.78. The van der Waals surface area contributed by atoms with Crippen LogP contribution in [0.5, 0.6) is 0 Å². The van der Waals surface area contributed by atoms with Gasteiger partial charge in [-0.2, -0.15) is 0 Å². The first-order valence-electron chi connectivity index (χ1n) is 5.87. The van der Waals surface area contributed by atoms with Crippen molar-refractivity contribution < 1.29 is 4.79 Å². The minimum Gasteiger partial charge on any atom is -0.356 e. The largest absolute Gasteiger partial charge is 0.356 e. The number of hydrogen-bond donors (Lipinski definition) is 2. The Morgan fingerprint density at radius 1 is 1.59 bits per heavy atom. The van der Waals surface area contributed by atoms with Crippen LogP contribution in [0, 0.1) is 0 Å². The third-order valence-electron chi connectivity index (χ3n) is 3.02. The van der Waals surface area contributed by atoms with E-state index in [-0.39, 0.29) is 5.91 Å². The number of carbonyl (C=O) groups excluding carboxylic acids is 1. The van der Waals surface area contributed by atoms with Gasteiger partial charge >= 0.3 is 0 Å². The van der Waals surface area contributed by atoms with Crippen molar-refractivity contribution in [3.05, 3.63) is 23.8 Å². The number of thiol groups is 1. The molecule has 2 nitrogen and oxygen atoms in total. The van der Waals surface area contributed by atoms with Crippen molar-refractivity contribution in [3.63, 3.8) is 0 Å². The molecule has 0 fully saturated rings. The van der Waals surface area contributed by atoms with Gasteiger partial charge in [-0.05, 0) is 48.3 Å². The molecule has 1 heterocycles. The number of nitrogens with one attached hydrogen (secondary N) is 1. The van der Waals surface area contributed by atoms with Gasteiger partial charge in [-0.25, -0.2) is 0 Å². The molecule has 1 amide bonds. The van der Waals surface area contributed by atoms with E-state index in [1.54, 1.807) is 6.92 Å². The fourth-order valence-electron chi connectivity index (χ4n) is 2.18. The SMILES string of the molecule is CC(=O)NCCC1CCSc2ccc(S)cc21. The van der Waals surface area contributed by atoms with Gasteiger partial charge in [0.1, 0.15) is 0 Å². The number of hydrogen-bond acceptors (Lipinski definition) is 3. The lowest BCUT2D eigenvalue weighted by Crippen LogP contribution is -2.23. The van der Waals surface area contributed by atoms with Crippen LogP contribution in [-0.4, -0.2) is 18.2 Å². The standard InChI is InChI=1S/C13H17NOS2/c1-9(15)14-6-4-10-5-7-17-13-3-2-11(16)8-12(10)13/h2-3,8,10,16H,4-7H2,1H3,(H,14,15). The normalized spacial score (nSPS) is 18.6. The molecule has 1 aromatic carbocycles. The van der Waals surface area contributed by atoms with Gasteiger partial charge in [0.05, 0.1) is 0 Å². The van der Waals surface area contributed by atoms with Crippen LogP contribution in [0.4, 0.5) is 0 Å². The lowest BCUT2D eigenvalue weighted by Gasteiger charge is -2.25. The topological polar surface area (TPSA) is 29.1 Å². The molecule has 0 radical (unpaired) electrons. The maximum absolute atomic E-state index is 10.9. The smallest absolute Gasteiger partial charge is 0.216 e. The van der Waals surface area contributed by atoms with Crippen molar-refractivity contribution in [1.29, 1.82) is 0 Å². The third-order valence-corrected chi connectivity index (χ3v) is 4.42. The van der Waals surface area contributed by atoms with Crippen molar-refractivity contribution in [2.75, 3.05) is 12.3 Å². The molecular formula is C13H17NOS2.